The van der Waals surface area contributed by atoms with Gasteiger partial charge in [0.05, 0.1) is 5.92 Å². The summed E-state index contributed by atoms with van der Waals surface area (Å²) in [6, 6.07) is 11.8. The van der Waals surface area contributed by atoms with Crippen LogP contribution >= 0.6 is 0 Å². The number of rotatable bonds is 3. The average Bonchev–Trinajstić information content (AvgIpc) is 2.79. The van der Waals surface area contributed by atoms with Crippen molar-refractivity contribution in [3.8, 4) is 0 Å². The second kappa shape index (κ2) is 3.88. The Hall–Kier alpha value is -1.83. The summed E-state index contributed by atoms with van der Waals surface area (Å²) in [5, 5.41) is 0. The topological polar surface area (TPSA) is 30.2 Å². The van der Waals surface area contributed by atoms with E-state index in [9.17, 15) is 4.79 Å². The normalized spacial score (nSPS) is 17.4. The van der Waals surface area contributed by atoms with Gasteiger partial charge in [-0.15, -0.1) is 0 Å². The molecule has 3 rings (SSSR count). The lowest BCUT2D eigenvalue weighted by molar-refractivity contribution is 0.0919. The molecule has 86 valence electrons. The Morgan fingerprint density at radius 2 is 2.12 bits per heavy atom. The molecule has 1 aliphatic carbocycles. The van der Waals surface area contributed by atoms with Crippen molar-refractivity contribution in [3.05, 3.63) is 59.0 Å². The fourth-order valence-corrected chi connectivity index (χ4v) is 2.36. The standard InChI is InChI=1S/C15H14O2/c1-2-11-7-8-14(17-11)15(16)13-9-10-5-3-4-6-12(10)13/h3-8,13H,2,9H2,1H3. The first-order chi connectivity index (χ1) is 8.29. The molecule has 1 aromatic carbocycles. The zero-order chi connectivity index (χ0) is 11.8. The third-order valence-corrected chi connectivity index (χ3v) is 3.42. The molecule has 0 saturated carbocycles. The number of carbonyl (C=O) groups is 1. The molecule has 2 aromatic rings. The van der Waals surface area contributed by atoms with E-state index in [1.807, 2.05) is 31.2 Å². The Labute approximate surface area is 100 Å². The van der Waals surface area contributed by atoms with Gasteiger partial charge in [-0.25, -0.2) is 0 Å². The van der Waals surface area contributed by atoms with Crippen molar-refractivity contribution >= 4 is 5.78 Å². The SMILES string of the molecule is CCc1ccc(C(=O)C2Cc3ccccc32)o1. The summed E-state index contributed by atoms with van der Waals surface area (Å²) in [6.07, 6.45) is 1.67. The van der Waals surface area contributed by atoms with E-state index in [0.717, 1.165) is 24.2 Å². The van der Waals surface area contributed by atoms with Gasteiger partial charge in [-0.1, -0.05) is 31.2 Å². The number of carbonyl (C=O) groups excluding carboxylic acids is 1. The number of aryl methyl sites for hydroxylation is 1. The minimum absolute atomic E-state index is 0.00190. The minimum atomic E-state index is 0.00190. The van der Waals surface area contributed by atoms with Crippen molar-refractivity contribution in [3.63, 3.8) is 0 Å². The summed E-state index contributed by atoms with van der Waals surface area (Å²) in [5.74, 6) is 1.49. The molecule has 0 amide bonds. The van der Waals surface area contributed by atoms with Crippen molar-refractivity contribution in [2.45, 2.75) is 25.7 Å². The van der Waals surface area contributed by atoms with E-state index in [4.69, 9.17) is 4.42 Å². The molecule has 0 radical (unpaired) electrons. The van der Waals surface area contributed by atoms with Crippen molar-refractivity contribution in [1.29, 1.82) is 0 Å². The Bertz CT molecular complexity index is 566. The lowest BCUT2D eigenvalue weighted by Gasteiger charge is -2.27. The van der Waals surface area contributed by atoms with Crippen LogP contribution in [0.25, 0.3) is 0 Å². The highest BCUT2D eigenvalue weighted by molar-refractivity contribution is 6.00. The quantitative estimate of drug-likeness (QED) is 0.751. The van der Waals surface area contributed by atoms with Gasteiger partial charge in [-0.3, -0.25) is 4.79 Å². The van der Waals surface area contributed by atoms with Gasteiger partial charge in [0.2, 0.25) is 5.78 Å². The molecular formula is C15H14O2. The number of Topliss-reactive ketones (excluding diaryl/α,β-unsaturated/α-hetero) is 1. The molecule has 1 aliphatic rings. The summed E-state index contributed by atoms with van der Waals surface area (Å²) >= 11 is 0. The molecule has 0 saturated heterocycles. The highest BCUT2D eigenvalue weighted by Crippen LogP contribution is 2.37. The fraction of sp³-hybridized carbons (Fsp3) is 0.267. The first-order valence-electron chi connectivity index (χ1n) is 6.00. The van der Waals surface area contributed by atoms with Gasteiger partial charge in [0, 0.05) is 6.42 Å². The van der Waals surface area contributed by atoms with E-state index in [0.29, 0.717) is 5.76 Å². The molecule has 2 nitrogen and oxygen atoms in total. The maximum Gasteiger partial charge on any atom is 0.205 e. The van der Waals surface area contributed by atoms with Gasteiger partial charge in [0.15, 0.2) is 5.76 Å². The van der Waals surface area contributed by atoms with Crippen LogP contribution in [0.5, 0.6) is 0 Å². The predicted octanol–water partition coefficient (Wildman–Crippen LogP) is 3.36. The van der Waals surface area contributed by atoms with E-state index in [1.165, 1.54) is 5.56 Å². The van der Waals surface area contributed by atoms with Gasteiger partial charge in [-0.05, 0) is 29.7 Å². The number of fused-ring (bicyclic) bond motifs is 1. The zero-order valence-electron chi connectivity index (χ0n) is 9.77. The lowest BCUT2D eigenvalue weighted by Crippen LogP contribution is -2.24. The molecule has 1 aromatic heterocycles. The number of hydrogen-bond acceptors (Lipinski definition) is 2. The van der Waals surface area contributed by atoms with Gasteiger partial charge >= 0.3 is 0 Å². The van der Waals surface area contributed by atoms with Gasteiger partial charge in [-0.2, -0.15) is 0 Å². The van der Waals surface area contributed by atoms with E-state index in [1.54, 1.807) is 6.07 Å². The van der Waals surface area contributed by atoms with Gasteiger partial charge in [0.1, 0.15) is 5.76 Å². The number of furan rings is 1. The van der Waals surface area contributed by atoms with Crippen LogP contribution in [0.4, 0.5) is 0 Å². The van der Waals surface area contributed by atoms with Gasteiger partial charge in [0.25, 0.3) is 0 Å². The monoisotopic (exact) mass is 226 g/mol. The Morgan fingerprint density at radius 1 is 1.29 bits per heavy atom. The van der Waals surface area contributed by atoms with Crippen molar-refractivity contribution < 1.29 is 9.21 Å². The van der Waals surface area contributed by atoms with Crippen LogP contribution < -0.4 is 0 Å². The smallest absolute Gasteiger partial charge is 0.205 e. The average molecular weight is 226 g/mol. The molecule has 0 fully saturated rings. The highest BCUT2D eigenvalue weighted by atomic mass is 16.3. The van der Waals surface area contributed by atoms with Crippen molar-refractivity contribution in [2.24, 2.45) is 0 Å². The third kappa shape index (κ3) is 1.60. The Kier molecular flexibility index (Phi) is 2.36. The molecule has 2 heteroatoms. The second-order valence-electron chi connectivity index (χ2n) is 4.44. The highest BCUT2D eigenvalue weighted by Gasteiger charge is 2.33. The largest absolute Gasteiger partial charge is 0.458 e. The Balaban J connectivity index is 1.86. The number of hydrogen-bond donors (Lipinski definition) is 0. The Morgan fingerprint density at radius 3 is 2.82 bits per heavy atom. The molecule has 1 atom stereocenters. The zero-order valence-corrected chi connectivity index (χ0v) is 9.77. The predicted molar refractivity (Wildman–Crippen MR) is 65.3 cm³/mol. The van der Waals surface area contributed by atoms with E-state index >= 15 is 0 Å². The summed E-state index contributed by atoms with van der Waals surface area (Å²) in [4.78, 5) is 12.2. The first kappa shape index (κ1) is 10.3. The van der Waals surface area contributed by atoms with Crippen LogP contribution in [0.3, 0.4) is 0 Å². The van der Waals surface area contributed by atoms with Crippen LogP contribution in [-0.2, 0) is 12.8 Å². The molecular weight excluding hydrogens is 212 g/mol. The van der Waals surface area contributed by atoms with E-state index in [2.05, 4.69) is 6.07 Å². The summed E-state index contributed by atoms with van der Waals surface area (Å²) in [7, 11) is 0. The number of benzene rings is 1. The molecule has 1 unspecified atom stereocenters. The molecule has 0 bridgehead atoms. The molecule has 1 heterocycles. The van der Waals surface area contributed by atoms with Crippen LogP contribution in [-0.4, -0.2) is 5.78 Å². The van der Waals surface area contributed by atoms with Crippen molar-refractivity contribution in [1.82, 2.24) is 0 Å². The minimum Gasteiger partial charge on any atom is -0.458 e. The lowest BCUT2D eigenvalue weighted by atomic mass is 9.75. The summed E-state index contributed by atoms with van der Waals surface area (Å²) in [6.45, 7) is 2.02. The summed E-state index contributed by atoms with van der Waals surface area (Å²) < 4.78 is 5.52. The molecule has 0 N–H and O–H groups in total. The van der Waals surface area contributed by atoms with Crippen LogP contribution in [0.2, 0.25) is 0 Å². The van der Waals surface area contributed by atoms with E-state index in [-0.39, 0.29) is 11.7 Å². The molecule has 0 spiro atoms. The van der Waals surface area contributed by atoms with Crippen LogP contribution in [0.15, 0.2) is 40.8 Å². The molecule has 17 heavy (non-hydrogen) atoms. The van der Waals surface area contributed by atoms with Crippen LogP contribution in [0, 0.1) is 0 Å². The maximum atomic E-state index is 12.2. The first-order valence-corrected chi connectivity index (χ1v) is 6.00. The second-order valence-corrected chi connectivity index (χ2v) is 4.44. The third-order valence-electron chi connectivity index (χ3n) is 3.42. The van der Waals surface area contributed by atoms with Crippen LogP contribution in [0.1, 0.15) is 40.3 Å². The summed E-state index contributed by atoms with van der Waals surface area (Å²) in [5.41, 5.74) is 2.44. The van der Waals surface area contributed by atoms with Gasteiger partial charge < -0.3 is 4.42 Å². The van der Waals surface area contributed by atoms with E-state index < -0.39 is 0 Å². The maximum absolute atomic E-state index is 12.2. The fourth-order valence-electron chi connectivity index (χ4n) is 2.36. The number of ketones is 1. The van der Waals surface area contributed by atoms with Crippen molar-refractivity contribution in [2.75, 3.05) is 0 Å². The molecule has 0 aliphatic heterocycles.